The highest BCUT2D eigenvalue weighted by Crippen LogP contribution is 2.29. The smallest absolute Gasteiger partial charge is 0.123 e. The number of fused-ring (bicyclic) bond motifs is 1. The minimum Gasteiger partial charge on any atom is -0.167 e. The van der Waals surface area contributed by atoms with Crippen molar-refractivity contribution in [2.45, 2.75) is 12.7 Å². The van der Waals surface area contributed by atoms with E-state index in [1.165, 1.54) is 22.2 Å². The average Bonchev–Trinajstić information content (AvgIpc) is 2.53. The van der Waals surface area contributed by atoms with E-state index in [1.807, 2.05) is 11.8 Å². The second-order valence-electron chi connectivity index (χ2n) is 4.08. The molecule has 0 radical (unpaired) electrons. The van der Waals surface area contributed by atoms with Crippen molar-refractivity contribution in [2.75, 3.05) is 18.8 Å². The van der Waals surface area contributed by atoms with Gasteiger partial charge in [-0.15, -0.1) is 0 Å². The number of nitrogens with zero attached hydrogens (tertiary/aromatic N) is 1. The predicted octanol–water partition coefficient (Wildman–Crippen LogP) is 3.45. The molecule has 0 bridgehead atoms. The molecule has 0 N–H and O–H groups in total. The molecule has 2 rings (SSSR count). The van der Waals surface area contributed by atoms with Crippen LogP contribution < -0.4 is 0 Å². The number of benzene rings is 1. The molecule has 0 aliphatic carbocycles. The Morgan fingerprint density at radius 3 is 2.56 bits per heavy atom. The molecule has 86 valence electrons. The molecule has 0 saturated carbocycles. The Bertz CT molecular complexity index is 500. The first-order valence-corrected chi connectivity index (χ1v) is 8.72. The third kappa shape index (κ3) is 1.87. The Balaban J connectivity index is 2.75. The van der Waals surface area contributed by atoms with E-state index >= 15 is 0 Å². The maximum Gasteiger partial charge on any atom is 0.123 e. The van der Waals surface area contributed by atoms with E-state index < -0.39 is 0 Å². The van der Waals surface area contributed by atoms with Crippen LogP contribution in [-0.2, 0) is 16.8 Å². The van der Waals surface area contributed by atoms with Crippen LogP contribution in [0.2, 0.25) is 0 Å². The molecule has 0 unspecified atom stereocenters. The van der Waals surface area contributed by atoms with Crippen molar-refractivity contribution in [1.29, 1.82) is 0 Å². The first-order valence-electron chi connectivity index (χ1n) is 5.32. The summed E-state index contributed by atoms with van der Waals surface area (Å²) in [5, 5.41) is 1.43. The van der Waals surface area contributed by atoms with Gasteiger partial charge in [0.05, 0.1) is 22.3 Å². The number of hydrogen-bond acceptors (Lipinski definition) is 1. The molecule has 1 nitrogen and oxygen atoms in total. The average molecular weight is 252 g/mol. The van der Waals surface area contributed by atoms with Gasteiger partial charge in [-0.2, -0.15) is 15.7 Å². The highest BCUT2D eigenvalue weighted by molar-refractivity contribution is 7.97. The molecule has 0 atom stereocenters. The molecule has 0 aliphatic rings. The Kier molecular flexibility index (Phi) is 3.55. The predicted molar refractivity (Wildman–Crippen MR) is 78.5 cm³/mol. The van der Waals surface area contributed by atoms with Crippen molar-refractivity contribution in [3.63, 3.8) is 0 Å². The summed E-state index contributed by atoms with van der Waals surface area (Å²) in [4.78, 5) is 0. The van der Waals surface area contributed by atoms with Gasteiger partial charge in [0.2, 0.25) is 0 Å². The topological polar surface area (TPSA) is 4.93 Å². The van der Waals surface area contributed by atoms with Gasteiger partial charge in [0.1, 0.15) is 12.5 Å². The fourth-order valence-electron chi connectivity index (χ4n) is 2.20. The van der Waals surface area contributed by atoms with Crippen molar-refractivity contribution in [1.82, 2.24) is 3.97 Å². The highest BCUT2D eigenvalue weighted by atomic mass is 32.2. The van der Waals surface area contributed by atoms with Gasteiger partial charge in [0.15, 0.2) is 0 Å². The minimum atomic E-state index is 0.260. The third-order valence-electron chi connectivity index (χ3n) is 2.84. The van der Waals surface area contributed by atoms with E-state index in [4.69, 9.17) is 0 Å². The minimum absolute atomic E-state index is 0.260. The van der Waals surface area contributed by atoms with Gasteiger partial charge in [-0.3, -0.25) is 0 Å². The van der Waals surface area contributed by atoms with Gasteiger partial charge in [-0.25, -0.2) is 0 Å². The molecule has 3 heteroatoms. The number of para-hydroxylation sites is 1. The summed E-state index contributed by atoms with van der Waals surface area (Å²) < 4.78 is 2.47. The number of rotatable bonds is 3. The molecule has 0 spiro atoms. The van der Waals surface area contributed by atoms with Gasteiger partial charge in [0, 0.05) is 11.1 Å². The molecule has 1 heterocycles. The molecule has 2 aromatic rings. The Hall–Kier alpha value is -0.540. The van der Waals surface area contributed by atoms with Crippen LogP contribution in [0, 0.1) is 6.92 Å². The maximum absolute atomic E-state index is 2.47. The SMILES string of the molecule is CSCc1c(C)n([S+](C)C)c2ccccc12. The standard InChI is InChI=1S/C13H18NS2/c1-10-12(9-15-2)11-7-5-6-8-13(11)14(10)16(3)4/h5-8H,9H2,1-4H3/q+1. The van der Waals surface area contributed by atoms with Crippen molar-refractivity contribution in [3.8, 4) is 0 Å². The van der Waals surface area contributed by atoms with Crippen LogP contribution in [0.15, 0.2) is 24.3 Å². The summed E-state index contributed by atoms with van der Waals surface area (Å²) in [6, 6.07) is 8.75. The summed E-state index contributed by atoms with van der Waals surface area (Å²) in [5.74, 6) is 1.11. The monoisotopic (exact) mass is 252 g/mol. The van der Waals surface area contributed by atoms with Gasteiger partial charge in [-0.05, 0) is 24.8 Å². The van der Waals surface area contributed by atoms with Crippen LogP contribution in [0.1, 0.15) is 11.3 Å². The van der Waals surface area contributed by atoms with E-state index in [1.54, 1.807) is 0 Å². The largest absolute Gasteiger partial charge is 0.167 e. The molecular formula is C13H18NS2+. The van der Waals surface area contributed by atoms with Crippen LogP contribution >= 0.6 is 11.8 Å². The number of thioether (sulfide) groups is 1. The first-order chi connectivity index (χ1) is 7.66. The molecule has 1 aromatic carbocycles. The van der Waals surface area contributed by atoms with Crippen LogP contribution in [-0.4, -0.2) is 22.7 Å². The van der Waals surface area contributed by atoms with Crippen molar-refractivity contribution in [3.05, 3.63) is 35.5 Å². The molecule has 1 aromatic heterocycles. The van der Waals surface area contributed by atoms with E-state index in [0.717, 1.165) is 5.75 Å². The van der Waals surface area contributed by atoms with Crippen molar-refractivity contribution < 1.29 is 0 Å². The molecule has 0 fully saturated rings. The van der Waals surface area contributed by atoms with Crippen LogP contribution in [0.3, 0.4) is 0 Å². The zero-order valence-electron chi connectivity index (χ0n) is 10.3. The van der Waals surface area contributed by atoms with Crippen molar-refractivity contribution in [2.24, 2.45) is 0 Å². The summed E-state index contributed by atoms with van der Waals surface area (Å²) in [6.07, 6.45) is 6.73. The summed E-state index contributed by atoms with van der Waals surface area (Å²) in [7, 11) is 0. The second-order valence-corrected chi connectivity index (χ2v) is 6.86. The van der Waals surface area contributed by atoms with Gasteiger partial charge < -0.3 is 0 Å². The fourth-order valence-corrected chi connectivity index (χ4v) is 4.06. The second kappa shape index (κ2) is 4.76. The third-order valence-corrected chi connectivity index (χ3v) is 4.62. The summed E-state index contributed by atoms with van der Waals surface area (Å²) in [6.45, 7) is 2.25. The van der Waals surface area contributed by atoms with E-state index in [9.17, 15) is 0 Å². The van der Waals surface area contributed by atoms with Crippen molar-refractivity contribution >= 4 is 33.7 Å². The normalized spacial score (nSPS) is 11.6. The zero-order chi connectivity index (χ0) is 11.7. The van der Waals surface area contributed by atoms with Crippen LogP contribution in [0.5, 0.6) is 0 Å². The van der Waals surface area contributed by atoms with Gasteiger partial charge >= 0.3 is 0 Å². The summed E-state index contributed by atoms with van der Waals surface area (Å²) in [5.41, 5.74) is 4.32. The molecule has 0 amide bonds. The van der Waals surface area contributed by atoms with Gasteiger partial charge in [0.25, 0.3) is 0 Å². The lowest BCUT2D eigenvalue weighted by Gasteiger charge is -2.02. The highest BCUT2D eigenvalue weighted by Gasteiger charge is 2.19. The molecule has 0 aliphatic heterocycles. The quantitative estimate of drug-likeness (QED) is 0.757. The lowest BCUT2D eigenvalue weighted by atomic mass is 10.1. The fraction of sp³-hybridized carbons (Fsp3) is 0.385. The molecular weight excluding hydrogens is 234 g/mol. The lowest BCUT2D eigenvalue weighted by molar-refractivity contribution is 1.17. The number of hydrogen-bond donors (Lipinski definition) is 0. The molecule has 16 heavy (non-hydrogen) atoms. The molecule has 0 saturated heterocycles. The maximum atomic E-state index is 2.47. The number of aromatic nitrogens is 1. The lowest BCUT2D eigenvalue weighted by Crippen LogP contribution is -2.10. The first kappa shape index (κ1) is 11.9. The van der Waals surface area contributed by atoms with E-state index in [-0.39, 0.29) is 11.1 Å². The van der Waals surface area contributed by atoms with Crippen LogP contribution in [0.25, 0.3) is 10.9 Å². The van der Waals surface area contributed by atoms with E-state index in [2.05, 4.69) is 53.9 Å². The van der Waals surface area contributed by atoms with Crippen LogP contribution in [0.4, 0.5) is 0 Å². The van der Waals surface area contributed by atoms with Gasteiger partial charge in [-0.1, -0.05) is 18.2 Å². The Labute approximate surface area is 105 Å². The van der Waals surface area contributed by atoms with E-state index in [0.29, 0.717) is 0 Å². The Morgan fingerprint density at radius 2 is 1.94 bits per heavy atom. The Morgan fingerprint density at radius 1 is 1.25 bits per heavy atom. The summed E-state index contributed by atoms with van der Waals surface area (Å²) >= 11 is 2.16. The zero-order valence-corrected chi connectivity index (χ0v) is 11.9.